The fourth-order valence-corrected chi connectivity index (χ4v) is 4.66. The molecule has 0 saturated carbocycles. The highest BCUT2D eigenvalue weighted by molar-refractivity contribution is 6.30. The van der Waals surface area contributed by atoms with Crippen LogP contribution in [0, 0.1) is 20.8 Å². The number of halogens is 1. The average Bonchev–Trinajstić information content (AvgIpc) is 2.98. The average molecular weight is 412 g/mol. The van der Waals surface area contributed by atoms with Crippen LogP contribution in [-0.2, 0) is 9.59 Å². The standard InChI is InChI=1S/C23H26ClN3O2/c1-15-7-8-18(24)13-19(15)25-9-11-26(12-10-25)20-14-21(28)27(23(20)29)22-16(2)5-4-6-17(22)3/h4-8,13,20H,9-12,14H2,1-3H3/t20-/m0/s1. The summed E-state index contributed by atoms with van der Waals surface area (Å²) in [7, 11) is 0. The lowest BCUT2D eigenvalue weighted by atomic mass is 10.1. The van der Waals surface area contributed by atoms with Crippen molar-refractivity contribution >= 4 is 34.8 Å². The predicted octanol–water partition coefficient (Wildman–Crippen LogP) is 3.72. The molecule has 152 valence electrons. The van der Waals surface area contributed by atoms with Crippen LogP contribution >= 0.6 is 11.6 Å². The molecule has 1 atom stereocenters. The van der Waals surface area contributed by atoms with Gasteiger partial charge in [-0.05, 0) is 49.6 Å². The van der Waals surface area contributed by atoms with Crippen molar-refractivity contribution < 1.29 is 9.59 Å². The highest BCUT2D eigenvalue weighted by atomic mass is 35.5. The van der Waals surface area contributed by atoms with Crippen molar-refractivity contribution in [1.29, 1.82) is 0 Å². The molecular formula is C23H26ClN3O2. The van der Waals surface area contributed by atoms with Crippen LogP contribution in [0.2, 0.25) is 5.02 Å². The maximum atomic E-state index is 13.2. The number of para-hydroxylation sites is 1. The fraction of sp³-hybridized carbons (Fsp3) is 0.391. The van der Waals surface area contributed by atoms with E-state index in [4.69, 9.17) is 11.6 Å². The van der Waals surface area contributed by atoms with E-state index >= 15 is 0 Å². The molecular weight excluding hydrogens is 386 g/mol. The Morgan fingerprint density at radius 3 is 2.21 bits per heavy atom. The van der Waals surface area contributed by atoms with E-state index in [1.807, 2.05) is 50.2 Å². The molecule has 2 aliphatic rings. The molecule has 0 bridgehead atoms. The fourth-order valence-electron chi connectivity index (χ4n) is 4.49. The third-order valence-electron chi connectivity index (χ3n) is 6.05. The second kappa shape index (κ2) is 7.81. The van der Waals surface area contributed by atoms with Gasteiger partial charge in [0.25, 0.3) is 5.91 Å². The number of anilines is 2. The molecule has 29 heavy (non-hydrogen) atoms. The first-order valence-electron chi connectivity index (χ1n) is 10.0. The zero-order chi connectivity index (χ0) is 20.7. The number of nitrogens with zero attached hydrogens (tertiary/aromatic N) is 3. The summed E-state index contributed by atoms with van der Waals surface area (Å²) in [5.74, 6) is -0.203. The molecule has 0 radical (unpaired) electrons. The van der Waals surface area contributed by atoms with Crippen LogP contribution < -0.4 is 9.80 Å². The molecule has 2 aliphatic heterocycles. The Morgan fingerprint density at radius 1 is 0.897 bits per heavy atom. The van der Waals surface area contributed by atoms with Crippen LogP contribution in [0.25, 0.3) is 0 Å². The Kier molecular flexibility index (Phi) is 5.36. The molecule has 2 aromatic carbocycles. The van der Waals surface area contributed by atoms with E-state index < -0.39 is 0 Å². The molecule has 0 N–H and O–H groups in total. The van der Waals surface area contributed by atoms with Gasteiger partial charge in [0.2, 0.25) is 5.91 Å². The second-order valence-electron chi connectivity index (χ2n) is 7.98. The van der Waals surface area contributed by atoms with E-state index in [2.05, 4.69) is 16.7 Å². The number of benzene rings is 2. The van der Waals surface area contributed by atoms with E-state index in [9.17, 15) is 9.59 Å². The van der Waals surface area contributed by atoms with E-state index in [0.717, 1.165) is 53.7 Å². The summed E-state index contributed by atoms with van der Waals surface area (Å²) in [6.45, 7) is 9.09. The smallest absolute Gasteiger partial charge is 0.251 e. The maximum Gasteiger partial charge on any atom is 0.251 e. The minimum atomic E-state index is -0.371. The SMILES string of the molecule is Cc1ccc(Cl)cc1N1CCN([C@H]2CC(=O)N(c3c(C)cccc3C)C2=O)CC1. The van der Waals surface area contributed by atoms with Crippen molar-refractivity contribution in [3.05, 3.63) is 58.1 Å². The van der Waals surface area contributed by atoms with Gasteiger partial charge in [-0.2, -0.15) is 0 Å². The van der Waals surface area contributed by atoms with E-state index in [0.29, 0.717) is 0 Å². The zero-order valence-electron chi connectivity index (χ0n) is 17.1. The summed E-state index contributed by atoms with van der Waals surface area (Å²) >= 11 is 6.18. The molecule has 0 unspecified atom stereocenters. The van der Waals surface area contributed by atoms with Crippen molar-refractivity contribution in [2.24, 2.45) is 0 Å². The first-order valence-corrected chi connectivity index (χ1v) is 10.4. The number of carbonyl (C=O) groups is 2. The number of aryl methyl sites for hydroxylation is 3. The summed E-state index contributed by atoms with van der Waals surface area (Å²) in [6.07, 6.45) is 0.253. The molecule has 2 fully saturated rings. The Labute approximate surface area is 176 Å². The van der Waals surface area contributed by atoms with Crippen LogP contribution in [-0.4, -0.2) is 48.9 Å². The molecule has 2 amide bonds. The van der Waals surface area contributed by atoms with Gasteiger partial charge in [0.05, 0.1) is 18.2 Å². The largest absolute Gasteiger partial charge is 0.369 e. The van der Waals surface area contributed by atoms with Gasteiger partial charge in [-0.15, -0.1) is 0 Å². The van der Waals surface area contributed by atoms with Crippen molar-refractivity contribution in [3.63, 3.8) is 0 Å². The predicted molar refractivity (Wildman–Crippen MR) is 117 cm³/mol. The summed E-state index contributed by atoms with van der Waals surface area (Å²) < 4.78 is 0. The first-order chi connectivity index (χ1) is 13.9. The maximum absolute atomic E-state index is 13.2. The second-order valence-corrected chi connectivity index (χ2v) is 8.42. The molecule has 2 saturated heterocycles. The number of hydrogen-bond acceptors (Lipinski definition) is 4. The molecule has 2 aromatic rings. The van der Waals surface area contributed by atoms with Crippen molar-refractivity contribution in [1.82, 2.24) is 4.90 Å². The molecule has 0 aromatic heterocycles. The van der Waals surface area contributed by atoms with Crippen LogP contribution in [0.1, 0.15) is 23.1 Å². The molecule has 6 heteroatoms. The van der Waals surface area contributed by atoms with Crippen LogP contribution in [0.15, 0.2) is 36.4 Å². The minimum absolute atomic E-state index is 0.0974. The van der Waals surface area contributed by atoms with Crippen LogP contribution in [0.3, 0.4) is 0 Å². The van der Waals surface area contributed by atoms with Crippen LogP contribution in [0.5, 0.6) is 0 Å². The Balaban J connectivity index is 1.49. The highest BCUT2D eigenvalue weighted by Crippen LogP contribution is 2.32. The van der Waals surface area contributed by atoms with Crippen molar-refractivity contribution in [2.45, 2.75) is 33.2 Å². The third kappa shape index (κ3) is 3.65. The number of hydrogen-bond donors (Lipinski definition) is 0. The lowest BCUT2D eigenvalue weighted by Gasteiger charge is -2.38. The molecule has 0 spiro atoms. The highest BCUT2D eigenvalue weighted by Gasteiger charge is 2.44. The monoisotopic (exact) mass is 411 g/mol. The number of piperazine rings is 1. The van der Waals surface area contributed by atoms with Crippen molar-refractivity contribution in [3.8, 4) is 0 Å². The van der Waals surface area contributed by atoms with Gasteiger partial charge >= 0.3 is 0 Å². The molecule has 0 aliphatic carbocycles. The molecule has 2 heterocycles. The van der Waals surface area contributed by atoms with E-state index in [1.165, 1.54) is 10.5 Å². The quantitative estimate of drug-likeness (QED) is 0.722. The number of amides is 2. The Bertz CT molecular complexity index is 946. The summed E-state index contributed by atoms with van der Waals surface area (Å²) in [5, 5.41) is 0.730. The van der Waals surface area contributed by atoms with Gasteiger partial charge in [0.1, 0.15) is 0 Å². The number of imide groups is 1. The normalized spacial score (nSPS) is 20.6. The van der Waals surface area contributed by atoms with Gasteiger partial charge in [0.15, 0.2) is 0 Å². The zero-order valence-corrected chi connectivity index (χ0v) is 17.9. The minimum Gasteiger partial charge on any atom is -0.369 e. The van der Waals surface area contributed by atoms with Gasteiger partial charge in [-0.3, -0.25) is 14.5 Å². The topological polar surface area (TPSA) is 43.9 Å². The van der Waals surface area contributed by atoms with Crippen molar-refractivity contribution in [2.75, 3.05) is 36.0 Å². The number of rotatable bonds is 3. The number of carbonyl (C=O) groups excluding carboxylic acids is 2. The summed E-state index contributed by atoms with van der Waals surface area (Å²) in [4.78, 5) is 31.8. The first kappa shape index (κ1) is 19.9. The summed E-state index contributed by atoms with van der Waals surface area (Å²) in [5.41, 5.74) is 4.99. The van der Waals surface area contributed by atoms with Gasteiger partial charge in [0, 0.05) is 36.9 Å². The molecule has 4 rings (SSSR count). The van der Waals surface area contributed by atoms with E-state index in [-0.39, 0.29) is 24.3 Å². The lowest BCUT2D eigenvalue weighted by Crippen LogP contribution is -2.52. The van der Waals surface area contributed by atoms with E-state index in [1.54, 1.807) is 0 Å². The van der Waals surface area contributed by atoms with Gasteiger partial charge in [-0.1, -0.05) is 35.9 Å². The Morgan fingerprint density at radius 2 is 1.55 bits per heavy atom. The van der Waals surface area contributed by atoms with Crippen LogP contribution in [0.4, 0.5) is 11.4 Å². The molecule has 5 nitrogen and oxygen atoms in total. The lowest BCUT2D eigenvalue weighted by molar-refractivity contribution is -0.123. The van der Waals surface area contributed by atoms with Gasteiger partial charge < -0.3 is 4.90 Å². The summed E-state index contributed by atoms with van der Waals surface area (Å²) in [6, 6.07) is 11.4. The Hall–Kier alpha value is -2.37. The van der Waals surface area contributed by atoms with Gasteiger partial charge in [-0.25, -0.2) is 4.90 Å². The third-order valence-corrected chi connectivity index (χ3v) is 6.29.